The van der Waals surface area contributed by atoms with Crippen molar-refractivity contribution < 1.29 is 4.39 Å². The van der Waals surface area contributed by atoms with Crippen LogP contribution in [-0.4, -0.2) is 15.0 Å². The zero-order valence-corrected chi connectivity index (χ0v) is 14.9. The largest absolute Gasteiger partial charge is 0.330 e. The first-order valence-electron chi connectivity index (χ1n) is 7.18. The topological polar surface area (TPSA) is 41.9 Å². The SMILES string of the molecule is Fc1cc(Br)ccc1CN(Cc1ccccn1)c1ncc(Cl)cn1. The van der Waals surface area contributed by atoms with Crippen molar-refractivity contribution in [3.05, 3.63) is 81.6 Å². The number of hydrogen-bond donors (Lipinski definition) is 0. The Kier molecular flexibility index (Phi) is 5.37. The van der Waals surface area contributed by atoms with Gasteiger partial charge in [-0.25, -0.2) is 14.4 Å². The van der Waals surface area contributed by atoms with Crippen molar-refractivity contribution in [3.63, 3.8) is 0 Å². The van der Waals surface area contributed by atoms with Gasteiger partial charge in [0.05, 0.1) is 29.7 Å². The molecule has 1 aromatic carbocycles. The molecule has 3 aromatic rings. The lowest BCUT2D eigenvalue weighted by Crippen LogP contribution is -2.25. The Morgan fingerprint density at radius 1 is 1.04 bits per heavy atom. The summed E-state index contributed by atoms with van der Waals surface area (Å²) in [6.07, 6.45) is 4.76. The summed E-state index contributed by atoms with van der Waals surface area (Å²) in [7, 11) is 0. The van der Waals surface area contributed by atoms with E-state index in [1.54, 1.807) is 18.3 Å². The monoisotopic (exact) mass is 406 g/mol. The van der Waals surface area contributed by atoms with Gasteiger partial charge in [-0.1, -0.05) is 39.7 Å². The first-order valence-corrected chi connectivity index (χ1v) is 8.35. The molecule has 0 atom stereocenters. The van der Waals surface area contributed by atoms with E-state index in [0.29, 0.717) is 34.1 Å². The maximum Gasteiger partial charge on any atom is 0.226 e. The summed E-state index contributed by atoms with van der Waals surface area (Å²) >= 11 is 9.12. The molecule has 7 heteroatoms. The van der Waals surface area contributed by atoms with Gasteiger partial charge in [-0.3, -0.25) is 4.98 Å². The van der Waals surface area contributed by atoms with E-state index in [0.717, 1.165) is 5.69 Å². The Labute approximate surface area is 152 Å². The molecule has 3 rings (SSSR count). The van der Waals surface area contributed by atoms with Crippen molar-refractivity contribution in [2.24, 2.45) is 0 Å². The third-order valence-electron chi connectivity index (χ3n) is 3.34. The van der Waals surface area contributed by atoms with E-state index in [9.17, 15) is 4.39 Å². The van der Waals surface area contributed by atoms with Gasteiger partial charge >= 0.3 is 0 Å². The molecule has 0 N–H and O–H groups in total. The van der Waals surface area contributed by atoms with E-state index in [1.807, 2.05) is 23.1 Å². The molecule has 2 heterocycles. The highest BCUT2D eigenvalue weighted by Gasteiger charge is 2.14. The highest BCUT2D eigenvalue weighted by atomic mass is 79.9. The summed E-state index contributed by atoms with van der Waals surface area (Å²) in [4.78, 5) is 14.7. The number of anilines is 1. The van der Waals surface area contributed by atoms with Gasteiger partial charge < -0.3 is 4.90 Å². The molecule has 0 bridgehead atoms. The number of aromatic nitrogens is 3. The van der Waals surface area contributed by atoms with Crippen molar-refractivity contribution in [2.75, 3.05) is 4.90 Å². The van der Waals surface area contributed by atoms with E-state index in [4.69, 9.17) is 11.6 Å². The van der Waals surface area contributed by atoms with Gasteiger partial charge in [0, 0.05) is 22.8 Å². The lowest BCUT2D eigenvalue weighted by Gasteiger charge is -2.22. The molecular formula is C17H13BrClFN4. The first kappa shape index (κ1) is 16.8. The average molecular weight is 408 g/mol. The molecule has 0 saturated heterocycles. The van der Waals surface area contributed by atoms with Crippen LogP contribution >= 0.6 is 27.5 Å². The van der Waals surface area contributed by atoms with Gasteiger partial charge in [0.15, 0.2) is 0 Å². The van der Waals surface area contributed by atoms with Gasteiger partial charge in [-0.2, -0.15) is 0 Å². The molecule has 0 saturated carbocycles. The van der Waals surface area contributed by atoms with Gasteiger partial charge in [0.25, 0.3) is 0 Å². The average Bonchev–Trinajstić information content (AvgIpc) is 2.58. The van der Waals surface area contributed by atoms with E-state index < -0.39 is 0 Å². The number of pyridine rings is 1. The van der Waals surface area contributed by atoms with E-state index in [1.165, 1.54) is 18.5 Å². The Bertz CT molecular complexity index is 815. The van der Waals surface area contributed by atoms with Crippen LogP contribution in [0.5, 0.6) is 0 Å². The molecule has 2 aromatic heterocycles. The number of hydrogen-bond acceptors (Lipinski definition) is 4. The summed E-state index contributed by atoms with van der Waals surface area (Å²) in [6, 6.07) is 10.6. The third-order valence-corrected chi connectivity index (χ3v) is 4.03. The Morgan fingerprint density at radius 3 is 2.50 bits per heavy atom. The zero-order chi connectivity index (χ0) is 16.9. The smallest absolute Gasteiger partial charge is 0.226 e. The minimum absolute atomic E-state index is 0.288. The molecule has 0 unspecified atom stereocenters. The molecule has 0 spiro atoms. The fourth-order valence-electron chi connectivity index (χ4n) is 2.21. The molecule has 4 nitrogen and oxygen atoms in total. The molecule has 0 aliphatic rings. The van der Waals surface area contributed by atoms with Crippen LogP contribution in [0, 0.1) is 5.82 Å². The van der Waals surface area contributed by atoms with Crippen LogP contribution in [0.2, 0.25) is 5.02 Å². The highest BCUT2D eigenvalue weighted by Crippen LogP contribution is 2.20. The minimum atomic E-state index is -0.288. The minimum Gasteiger partial charge on any atom is -0.330 e. The van der Waals surface area contributed by atoms with Gasteiger partial charge in [-0.15, -0.1) is 0 Å². The fourth-order valence-corrected chi connectivity index (χ4v) is 2.64. The summed E-state index contributed by atoms with van der Waals surface area (Å²) < 4.78 is 14.9. The second kappa shape index (κ2) is 7.68. The van der Waals surface area contributed by atoms with Crippen LogP contribution in [0.15, 0.2) is 59.5 Å². The Morgan fingerprint density at radius 2 is 1.83 bits per heavy atom. The van der Waals surface area contributed by atoms with Crippen LogP contribution in [0.3, 0.4) is 0 Å². The van der Waals surface area contributed by atoms with Gasteiger partial charge in [0.2, 0.25) is 5.95 Å². The van der Waals surface area contributed by atoms with Crippen molar-refractivity contribution in [2.45, 2.75) is 13.1 Å². The van der Waals surface area contributed by atoms with Crippen molar-refractivity contribution in [3.8, 4) is 0 Å². The lowest BCUT2D eigenvalue weighted by atomic mass is 10.2. The van der Waals surface area contributed by atoms with E-state index in [2.05, 4.69) is 30.9 Å². The van der Waals surface area contributed by atoms with Crippen LogP contribution in [0.4, 0.5) is 10.3 Å². The van der Waals surface area contributed by atoms with E-state index >= 15 is 0 Å². The number of halogens is 3. The maximum absolute atomic E-state index is 14.2. The number of benzene rings is 1. The predicted octanol–water partition coefficient (Wildman–Crippen LogP) is 4.63. The highest BCUT2D eigenvalue weighted by molar-refractivity contribution is 9.10. The van der Waals surface area contributed by atoms with Crippen LogP contribution in [0.1, 0.15) is 11.3 Å². The second-order valence-electron chi connectivity index (χ2n) is 5.11. The van der Waals surface area contributed by atoms with Crippen LogP contribution in [0.25, 0.3) is 0 Å². The number of nitrogens with zero attached hydrogens (tertiary/aromatic N) is 4. The zero-order valence-electron chi connectivity index (χ0n) is 12.5. The van der Waals surface area contributed by atoms with Gasteiger partial charge in [0.1, 0.15) is 5.82 Å². The Hall–Kier alpha value is -2.05. The van der Waals surface area contributed by atoms with Crippen molar-refractivity contribution >= 4 is 33.5 Å². The van der Waals surface area contributed by atoms with Crippen LogP contribution < -0.4 is 4.90 Å². The summed E-state index contributed by atoms with van der Waals surface area (Å²) in [5.41, 5.74) is 1.39. The van der Waals surface area contributed by atoms with Crippen molar-refractivity contribution in [1.82, 2.24) is 15.0 Å². The van der Waals surface area contributed by atoms with E-state index in [-0.39, 0.29) is 5.82 Å². The predicted molar refractivity (Wildman–Crippen MR) is 95.3 cm³/mol. The second-order valence-corrected chi connectivity index (χ2v) is 6.47. The normalized spacial score (nSPS) is 10.6. The third kappa shape index (κ3) is 4.27. The van der Waals surface area contributed by atoms with Crippen molar-refractivity contribution in [1.29, 1.82) is 0 Å². The molecule has 0 fully saturated rings. The molecule has 0 amide bonds. The molecule has 0 radical (unpaired) electrons. The molecular weight excluding hydrogens is 395 g/mol. The first-order chi connectivity index (χ1) is 11.6. The summed E-state index contributed by atoms with van der Waals surface area (Å²) in [6.45, 7) is 0.773. The van der Waals surface area contributed by atoms with Crippen LogP contribution in [-0.2, 0) is 13.1 Å². The fraction of sp³-hybridized carbons (Fsp3) is 0.118. The van der Waals surface area contributed by atoms with Gasteiger partial charge in [-0.05, 0) is 24.3 Å². The Balaban J connectivity index is 1.90. The summed E-state index contributed by atoms with van der Waals surface area (Å²) in [5, 5.41) is 0.450. The molecule has 24 heavy (non-hydrogen) atoms. The number of rotatable bonds is 5. The quantitative estimate of drug-likeness (QED) is 0.618. The lowest BCUT2D eigenvalue weighted by molar-refractivity contribution is 0.600. The molecule has 122 valence electrons. The summed E-state index contributed by atoms with van der Waals surface area (Å²) in [5.74, 6) is 0.178. The standard InChI is InChI=1S/C17H13BrClFN4/c18-13-5-4-12(16(20)7-13)10-24(11-15-3-1-2-6-21-15)17-22-8-14(19)9-23-17/h1-9H,10-11H2. The maximum atomic E-state index is 14.2. The molecule has 0 aliphatic heterocycles. The molecule has 0 aliphatic carbocycles.